The molecular weight excluding hydrogens is 218 g/mol. The van der Waals surface area contributed by atoms with Crippen molar-refractivity contribution in [3.8, 4) is 6.07 Å². The largest absolute Gasteiger partial charge is 0.198 e. The van der Waals surface area contributed by atoms with Gasteiger partial charge in [-0.25, -0.2) is 0 Å². The molecule has 2 aromatic carbocycles. The topological polar surface area (TPSA) is 23.8 Å². The van der Waals surface area contributed by atoms with E-state index in [0.717, 1.165) is 18.4 Å². The van der Waals surface area contributed by atoms with Crippen LogP contribution in [-0.4, -0.2) is 0 Å². The zero-order chi connectivity index (χ0) is 12.8. The third-order valence-corrected chi connectivity index (χ3v) is 3.20. The first kappa shape index (κ1) is 12.4. The number of nitriles is 1. The van der Waals surface area contributed by atoms with Gasteiger partial charge in [0.05, 0.1) is 12.0 Å². The van der Waals surface area contributed by atoms with Gasteiger partial charge in [0.2, 0.25) is 0 Å². The first-order chi connectivity index (χ1) is 8.79. The minimum absolute atomic E-state index is 0.00851. The highest BCUT2D eigenvalue weighted by Gasteiger charge is 2.10. The number of hydrogen-bond acceptors (Lipinski definition) is 1. The fourth-order valence-corrected chi connectivity index (χ4v) is 2.06. The van der Waals surface area contributed by atoms with E-state index < -0.39 is 0 Å². The minimum atomic E-state index is -0.00851. The summed E-state index contributed by atoms with van der Waals surface area (Å²) in [5.74, 6) is -0.00851. The van der Waals surface area contributed by atoms with Crippen molar-refractivity contribution in [2.24, 2.45) is 0 Å². The molecule has 0 amide bonds. The van der Waals surface area contributed by atoms with E-state index in [-0.39, 0.29) is 5.92 Å². The summed E-state index contributed by atoms with van der Waals surface area (Å²) in [5.41, 5.74) is 3.65. The molecular formula is C17H17N. The summed E-state index contributed by atoms with van der Waals surface area (Å²) in [6.07, 6.45) is 1.83. The van der Waals surface area contributed by atoms with Gasteiger partial charge in [0.1, 0.15) is 0 Å². The molecule has 0 aromatic heterocycles. The normalized spacial score (nSPS) is 11.8. The predicted octanol–water partition coefficient (Wildman–Crippen LogP) is 4.24. The molecule has 90 valence electrons. The SMILES string of the molecule is Cc1ccc([C@@H](C#N)CCc2ccccc2)cc1. The number of hydrogen-bond donors (Lipinski definition) is 0. The highest BCUT2D eigenvalue weighted by molar-refractivity contribution is 5.28. The van der Waals surface area contributed by atoms with E-state index in [1.165, 1.54) is 11.1 Å². The zero-order valence-electron chi connectivity index (χ0n) is 10.6. The van der Waals surface area contributed by atoms with Gasteiger partial charge >= 0.3 is 0 Å². The number of nitrogens with zero attached hydrogens (tertiary/aromatic N) is 1. The van der Waals surface area contributed by atoms with Gasteiger partial charge < -0.3 is 0 Å². The molecule has 2 aromatic rings. The Balaban J connectivity index is 2.02. The molecule has 0 saturated heterocycles. The second-order valence-electron chi connectivity index (χ2n) is 4.62. The molecule has 0 bridgehead atoms. The Morgan fingerprint density at radius 3 is 2.28 bits per heavy atom. The van der Waals surface area contributed by atoms with Crippen LogP contribution in [0.1, 0.15) is 29.0 Å². The summed E-state index contributed by atoms with van der Waals surface area (Å²) >= 11 is 0. The van der Waals surface area contributed by atoms with E-state index >= 15 is 0 Å². The Morgan fingerprint density at radius 1 is 1.00 bits per heavy atom. The van der Waals surface area contributed by atoms with Crippen LogP contribution in [-0.2, 0) is 6.42 Å². The molecule has 0 unspecified atom stereocenters. The highest BCUT2D eigenvalue weighted by Crippen LogP contribution is 2.21. The van der Waals surface area contributed by atoms with Crippen molar-refractivity contribution in [1.82, 2.24) is 0 Å². The van der Waals surface area contributed by atoms with Crippen LogP contribution in [0.25, 0.3) is 0 Å². The summed E-state index contributed by atoms with van der Waals surface area (Å²) in [5, 5.41) is 9.28. The van der Waals surface area contributed by atoms with Crippen LogP contribution >= 0.6 is 0 Å². The van der Waals surface area contributed by atoms with E-state index in [1.54, 1.807) is 0 Å². The molecule has 0 radical (unpaired) electrons. The quantitative estimate of drug-likeness (QED) is 0.777. The van der Waals surface area contributed by atoms with Crippen LogP contribution in [0, 0.1) is 18.3 Å². The molecule has 0 aliphatic rings. The maximum atomic E-state index is 9.28. The average Bonchev–Trinajstić information content (AvgIpc) is 2.42. The molecule has 0 heterocycles. The number of aryl methyl sites for hydroxylation is 2. The van der Waals surface area contributed by atoms with Crippen LogP contribution in [0.5, 0.6) is 0 Å². The van der Waals surface area contributed by atoms with Crippen molar-refractivity contribution < 1.29 is 0 Å². The second-order valence-corrected chi connectivity index (χ2v) is 4.62. The lowest BCUT2D eigenvalue weighted by atomic mass is 9.93. The van der Waals surface area contributed by atoms with Crippen LogP contribution in [0.2, 0.25) is 0 Å². The Hall–Kier alpha value is -2.07. The smallest absolute Gasteiger partial charge is 0.0715 e. The first-order valence-corrected chi connectivity index (χ1v) is 6.29. The first-order valence-electron chi connectivity index (χ1n) is 6.29. The molecule has 2 rings (SSSR count). The average molecular weight is 235 g/mol. The molecule has 0 saturated carbocycles. The Kier molecular flexibility index (Phi) is 4.15. The van der Waals surface area contributed by atoms with Crippen LogP contribution in [0.3, 0.4) is 0 Å². The molecule has 18 heavy (non-hydrogen) atoms. The molecule has 0 N–H and O–H groups in total. The van der Waals surface area contributed by atoms with Crippen molar-refractivity contribution in [3.63, 3.8) is 0 Å². The summed E-state index contributed by atoms with van der Waals surface area (Å²) in [7, 11) is 0. The summed E-state index contributed by atoms with van der Waals surface area (Å²) < 4.78 is 0. The molecule has 1 nitrogen and oxygen atoms in total. The number of benzene rings is 2. The van der Waals surface area contributed by atoms with Crippen molar-refractivity contribution in [3.05, 3.63) is 71.3 Å². The van der Waals surface area contributed by atoms with Crippen molar-refractivity contribution in [1.29, 1.82) is 5.26 Å². The van der Waals surface area contributed by atoms with E-state index in [9.17, 15) is 5.26 Å². The molecule has 1 heteroatoms. The number of rotatable bonds is 4. The summed E-state index contributed by atoms with van der Waals surface area (Å²) in [6, 6.07) is 21.0. The highest BCUT2D eigenvalue weighted by atomic mass is 14.3. The zero-order valence-corrected chi connectivity index (χ0v) is 10.6. The third-order valence-electron chi connectivity index (χ3n) is 3.20. The molecule has 0 fully saturated rings. The van der Waals surface area contributed by atoms with Gasteiger partial charge in [0, 0.05) is 0 Å². The molecule has 0 aliphatic carbocycles. The summed E-state index contributed by atoms with van der Waals surface area (Å²) in [6.45, 7) is 2.06. The Morgan fingerprint density at radius 2 is 1.67 bits per heavy atom. The molecule has 0 aliphatic heterocycles. The monoisotopic (exact) mass is 235 g/mol. The van der Waals surface area contributed by atoms with Gasteiger partial charge in [-0.1, -0.05) is 60.2 Å². The van der Waals surface area contributed by atoms with Crippen molar-refractivity contribution >= 4 is 0 Å². The third kappa shape index (κ3) is 3.21. The van der Waals surface area contributed by atoms with Gasteiger partial charge in [-0.15, -0.1) is 0 Å². The Bertz CT molecular complexity index is 520. The molecule has 1 atom stereocenters. The fraction of sp³-hybridized carbons (Fsp3) is 0.235. The minimum Gasteiger partial charge on any atom is -0.198 e. The van der Waals surface area contributed by atoms with E-state index in [4.69, 9.17) is 0 Å². The van der Waals surface area contributed by atoms with Crippen LogP contribution in [0.4, 0.5) is 0 Å². The second kappa shape index (κ2) is 6.02. The van der Waals surface area contributed by atoms with Gasteiger partial charge in [-0.05, 0) is 30.9 Å². The van der Waals surface area contributed by atoms with E-state index in [2.05, 4.69) is 49.4 Å². The molecule has 0 spiro atoms. The maximum absolute atomic E-state index is 9.28. The lowest BCUT2D eigenvalue weighted by molar-refractivity contribution is 0.746. The van der Waals surface area contributed by atoms with Crippen molar-refractivity contribution in [2.75, 3.05) is 0 Å². The predicted molar refractivity (Wildman–Crippen MR) is 74.3 cm³/mol. The lowest BCUT2D eigenvalue weighted by Crippen LogP contribution is -1.98. The lowest BCUT2D eigenvalue weighted by Gasteiger charge is -2.09. The standard InChI is InChI=1S/C17H17N/c1-14-7-10-16(11-8-14)17(13-18)12-9-15-5-3-2-4-6-15/h2-8,10-11,17H,9,12H2,1H3/t17-/m1/s1. The van der Waals surface area contributed by atoms with Crippen molar-refractivity contribution in [2.45, 2.75) is 25.7 Å². The van der Waals surface area contributed by atoms with E-state index in [0.29, 0.717) is 0 Å². The van der Waals surface area contributed by atoms with E-state index in [1.807, 2.05) is 18.2 Å². The van der Waals surface area contributed by atoms with Crippen LogP contribution < -0.4 is 0 Å². The van der Waals surface area contributed by atoms with Gasteiger partial charge in [-0.2, -0.15) is 5.26 Å². The van der Waals surface area contributed by atoms with Crippen LogP contribution in [0.15, 0.2) is 54.6 Å². The fourth-order valence-electron chi connectivity index (χ4n) is 2.06. The van der Waals surface area contributed by atoms with Gasteiger partial charge in [0.25, 0.3) is 0 Å². The van der Waals surface area contributed by atoms with Gasteiger partial charge in [0.15, 0.2) is 0 Å². The van der Waals surface area contributed by atoms with Gasteiger partial charge in [-0.3, -0.25) is 0 Å². The maximum Gasteiger partial charge on any atom is 0.0715 e. The Labute approximate surface area is 109 Å². The summed E-state index contributed by atoms with van der Waals surface area (Å²) in [4.78, 5) is 0.